The van der Waals surface area contributed by atoms with Crippen LogP contribution < -0.4 is 5.32 Å². The van der Waals surface area contributed by atoms with Crippen LogP contribution in [0.15, 0.2) is 22.7 Å². The monoisotopic (exact) mass is 327 g/mol. The van der Waals surface area contributed by atoms with Crippen LogP contribution in [0.2, 0.25) is 0 Å². The molecule has 4 nitrogen and oxygen atoms in total. The number of aliphatic carboxylic acids is 1. The Morgan fingerprint density at radius 1 is 1.63 bits per heavy atom. The topological polar surface area (TPSA) is 58.6 Å². The van der Waals surface area contributed by atoms with Crippen LogP contribution in [0, 0.1) is 6.92 Å². The van der Waals surface area contributed by atoms with Crippen LogP contribution in [-0.4, -0.2) is 30.3 Å². The first-order chi connectivity index (χ1) is 9.08. The molecule has 1 aliphatic heterocycles. The molecule has 0 spiro atoms. The third-order valence-corrected chi connectivity index (χ3v) is 4.20. The summed E-state index contributed by atoms with van der Waals surface area (Å²) >= 11 is 3.44. The van der Waals surface area contributed by atoms with Gasteiger partial charge in [0.1, 0.15) is 6.04 Å². The van der Waals surface area contributed by atoms with E-state index in [0.717, 1.165) is 35.0 Å². The molecular weight excluding hydrogens is 310 g/mol. The number of hydrogen-bond donors (Lipinski definition) is 2. The number of rotatable bonds is 5. The van der Waals surface area contributed by atoms with Crippen LogP contribution in [0.4, 0.5) is 0 Å². The predicted octanol–water partition coefficient (Wildman–Crippen LogP) is 2.65. The first-order valence-electron chi connectivity index (χ1n) is 6.42. The highest BCUT2D eigenvalue weighted by Gasteiger charge is 2.23. The lowest BCUT2D eigenvalue weighted by Gasteiger charge is -2.18. The van der Waals surface area contributed by atoms with E-state index in [9.17, 15) is 9.90 Å². The van der Waals surface area contributed by atoms with Gasteiger partial charge in [0.15, 0.2) is 0 Å². The van der Waals surface area contributed by atoms with E-state index in [1.807, 2.05) is 25.1 Å². The highest BCUT2D eigenvalue weighted by molar-refractivity contribution is 9.10. The molecule has 1 aliphatic rings. The molecule has 0 bridgehead atoms. The van der Waals surface area contributed by atoms with Crippen molar-refractivity contribution >= 4 is 21.9 Å². The zero-order valence-corrected chi connectivity index (χ0v) is 12.4. The van der Waals surface area contributed by atoms with Crippen LogP contribution in [-0.2, 0) is 9.53 Å². The van der Waals surface area contributed by atoms with E-state index in [1.54, 1.807) is 0 Å². The van der Waals surface area contributed by atoms with Gasteiger partial charge < -0.3 is 9.84 Å². The molecule has 5 heteroatoms. The molecule has 1 saturated heterocycles. The molecule has 0 aromatic heterocycles. The Morgan fingerprint density at radius 2 is 2.42 bits per heavy atom. The van der Waals surface area contributed by atoms with Gasteiger partial charge >= 0.3 is 5.97 Å². The van der Waals surface area contributed by atoms with Gasteiger partial charge in [-0.05, 0) is 37.0 Å². The van der Waals surface area contributed by atoms with Gasteiger partial charge in [-0.3, -0.25) is 10.1 Å². The first-order valence-corrected chi connectivity index (χ1v) is 7.21. The lowest BCUT2D eigenvalue weighted by molar-refractivity contribution is -0.139. The average molecular weight is 328 g/mol. The van der Waals surface area contributed by atoms with Crippen molar-refractivity contribution in [1.82, 2.24) is 5.32 Å². The summed E-state index contributed by atoms with van der Waals surface area (Å²) in [5.74, 6) is -0.867. The molecule has 1 heterocycles. The fourth-order valence-corrected chi connectivity index (χ4v) is 2.59. The molecule has 2 rings (SSSR count). The molecule has 0 amide bonds. The second kappa shape index (κ2) is 6.50. The maximum atomic E-state index is 11.4. The number of halogens is 1. The number of nitrogens with one attached hydrogen (secondary N) is 1. The second-order valence-electron chi connectivity index (χ2n) is 4.82. The number of hydrogen-bond acceptors (Lipinski definition) is 3. The summed E-state index contributed by atoms with van der Waals surface area (Å²) in [6.07, 6.45) is 2.19. The summed E-state index contributed by atoms with van der Waals surface area (Å²) in [5.41, 5.74) is 1.84. The SMILES string of the molecule is Cc1ccc(C(NCC2CCCO2)C(=O)O)cc1Br. The Labute approximate surface area is 121 Å². The summed E-state index contributed by atoms with van der Waals surface area (Å²) in [7, 11) is 0. The summed E-state index contributed by atoms with van der Waals surface area (Å²) < 4.78 is 6.42. The number of aryl methyl sites for hydroxylation is 1. The smallest absolute Gasteiger partial charge is 0.325 e. The van der Waals surface area contributed by atoms with Crippen molar-refractivity contribution in [2.45, 2.75) is 31.9 Å². The molecule has 2 atom stereocenters. The normalized spacial score (nSPS) is 20.4. The third kappa shape index (κ3) is 3.78. The van der Waals surface area contributed by atoms with Crippen molar-refractivity contribution in [2.24, 2.45) is 0 Å². The molecule has 104 valence electrons. The third-order valence-electron chi connectivity index (χ3n) is 3.35. The lowest BCUT2D eigenvalue weighted by Crippen LogP contribution is -2.34. The number of benzene rings is 1. The average Bonchev–Trinajstić information content (AvgIpc) is 2.86. The quantitative estimate of drug-likeness (QED) is 0.872. The van der Waals surface area contributed by atoms with Crippen LogP contribution in [0.25, 0.3) is 0 Å². The summed E-state index contributed by atoms with van der Waals surface area (Å²) in [4.78, 5) is 11.4. The van der Waals surface area contributed by atoms with Crippen molar-refractivity contribution in [3.8, 4) is 0 Å². The minimum Gasteiger partial charge on any atom is -0.480 e. The number of carbonyl (C=O) groups is 1. The predicted molar refractivity (Wildman–Crippen MR) is 76.2 cm³/mol. The maximum absolute atomic E-state index is 11.4. The number of carboxylic acids is 1. The Hall–Kier alpha value is -0.910. The van der Waals surface area contributed by atoms with Gasteiger partial charge in [-0.2, -0.15) is 0 Å². The van der Waals surface area contributed by atoms with Gasteiger partial charge in [0.2, 0.25) is 0 Å². The second-order valence-corrected chi connectivity index (χ2v) is 5.68. The van der Waals surface area contributed by atoms with Crippen LogP contribution in [0.1, 0.15) is 30.0 Å². The van der Waals surface area contributed by atoms with E-state index in [-0.39, 0.29) is 6.10 Å². The van der Waals surface area contributed by atoms with Gasteiger partial charge in [-0.1, -0.05) is 28.1 Å². The van der Waals surface area contributed by atoms with E-state index >= 15 is 0 Å². The number of carboxylic acid groups (broad SMARTS) is 1. The Bertz CT molecular complexity index is 458. The van der Waals surface area contributed by atoms with Gasteiger partial charge in [-0.25, -0.2) is 0 Å². The highest BCUT2D eigenvalue weighted by Crippen LogP contribution is 2.22. The lowest BCUT2D eigenvalue weighted by atomic mass is 10.0. The van der Waals surface area contributed by atoms with E-state index in [2.05, 4.69) is 21.2 Å². The molecule has 0 radical (unpaired) electrons. The molecule has 2 N–H and O–H groups in total. The molecule has 19 heavy (non-hydrogen) atoms. The van der Waals surface area contributed by atoms with E-state index < -0.39 is 12.0 Å². The molecule has 1 aromatic carbocycles. The van der Waals surface area contributed by atoms with Crippen molar-refractivity contribution in [3.63, 3.8) is 0 Å². The Morgan fingerprint density at radius 3 is 3.00 bits per heavy atom. The molecular formula is C14H18BrNO3. The van der Waals surface area contributed by atoms with Gasteiger partial charge in [0, 0.05) is 17.6 Å². The van der Waals surface area contributed by atoms with Crippen molar-refractivity contribution < 1.29 is 14.6 Å². The zero-order chi connectivity index (χ0) is 13.8. The molecule has 0 saturated carbocycles. The molecule has 2 unspecified atom stereocenters. The molecule has 0 aliphatic carbocycles. The van der Waals surface area contributed by atoms with Crippen molar-refractivity contribution in [2.75, 3.05) is 13.2 Å². The highest BCUT2D eigenvalue weighted by atomic mass is 79.9. The van der Waals surface area contributed by atoms with E-state index in [0.29, 0.717) is 6.54 Å². The van der Waals surface area contributed by atoms with Crippen molar-refractivity contribution in [1.29, 1.82) is 0 Å². The Balaban J connectivity index is 2.05. The van der Waals surface area contributed by atoms with Crippen LogP contribution in [0.5, 0.6) is 0 Å². The Kier molecular flexibility index (Phi) is 4.96. The first kappa shape index (κ1) is 14.5. The van der Waals surface area contributed by atoms with E-state index in [1.165, 1.54) is 0 Å². The van der Waals surface area contributed by atoms with Gasteiger partial charge in [0.25, 0.3) is 0 Å². The standard InChI is InChI=1S/C14H18BrNO3/c1-9-4-5-10(7-12(9)15)13(14(17)18)16-8-11-3-2-6-19-11/h4-5,7,11,13,16H,2-3,6,8H2,1H3,(H,17,18). The van der Waals surface area contributed by atoms with Crippen LogP contribution >= 0.6 is 15.9 Å². The van der Waals surface area contributed by atoms with Crippen LogP contribution in [0.3, 0.4) is 0 Å². The van der Waals surface area contributed by atoms with Gasteiger partial charge in [0.05, 0.1) is 6.10 Å². The largest absolute Gasteiger partial charge is 0.480 e. The fraction of sp³-hybridized carbons (Fsp3) is 0.500. The zero-order valence-electron chi connectivity index (χ0n) is 10.9. The number of ether oxygens (including phenoxy) is 1. The molecule has 1 aromatic rings. The summed E-state index contributed by atoms with van der Waals surface area (Å²) in [6, 6.07) is 4.93. The molecule has 1 fully saturated rings. The minimum atomic E-state index is -0.867. The van der Waals surface area contributed by atoms with Gasteiger partial charge in [-0.15, -0.1) is 0 Å². The summed E-state index contributed by atoms with van der Waals surface area (Å²) in [5, 5.41) is 12.4. The van der Waals surface area contributed by atoms with E-state index in [4.69, 9.17) is 4.74 Å². The summed E-state index contributed by atoms with van der Waals surface area (Å²) in [6.45, 7) is 3.33. The van der Waals surface area contributed by atoms with Crippen molar-refractivity contribution in [3.05, 3.63) is 33.8 Å². The maximum Gasteiger partial charge on any atom is 0.325 e. The minimum absolute atomic E-state index is 0.135. The fourth-order valence-electron chi connectivity index (χ4n) is 2.19.